The van der Waals surface area contributed by atoms with Crippen molar-refractivity contribution in [3.8, 4) is 0 Å². The second-order valence-corrected chi connectivity index (χ2v) is 4.86. The lowest BCUT2D eigenvalue weighted by Gasteiger charge is -2.31. The molecule has 2 rings (SSSR count). The molecule has 0 amide bonds. The van der Waals surface area contributed by atoms with Crippen LogP contribution in [0.25, 0.3) is 0 Å². The van der Waals surface area contributed by atoms with Crippen molar-refractivity contribution in [2.75, 3.05) is 0 Å². The molecule has 1 saturated carbocycles. The first-order valence-electron chi connectivity index (χ1n) is 5.11. The van der Waals surface area contributed by atoms with Gasteiger partial charge in [0.1, 0.15) is 5.76 Å². The molecule has 1 fully saturated rings. The summed E-state index contributed by atoms with van der Waals surface area (Å²) < 4.78 is 6.08. The van der Waals surface area contributed by atoms with Crippen molar-refractivity contribution in [3.63, 3.8) is 0 Å². The molecule has 0 radical (unpaired) electrons. The Hall–Kier alpha value is -0.280. The van der Waals surface area contributed by atoms with Crippen LogP contribution in [-0.4, -0.2) is 5.11 Å². The van der Waals surface area contributed by atoms with E-state index in [9.17, 15) is 5.11 Å². The van der Waals surface area contributed by atoms with E-state index in [1.807, 2.05) is 13.0 Å². The zero-order valence-corrected chi connectivity index (χ0v) is 9.93. The van der Waals surface area contributed by atoms with E-state index in [0.717, 1.165) is 37.0 Å². The van der Waals surface area contributed by atoms with Gasteiger partial charge in [-0.2, -0.15) is 0 Å². The number of furan rings is 1. The van der Waals surface area contributed by atoms with Gasteiger partial charge in [-0.25, -0.2) is 0 Å². The monoisotopic (exact) mass is 258 g/mol. The lowest BCUT2D eigenvalue weighted by molar-refractivity contribution is -0.00198. The van der Waals surface area contributed by atoms with Crippen LogP contribution in [0.3, 0.4) is 0 Å². The van der Waals surface area contributed by atoms with E-state index in [-0.39, 0.29) is 0 Å². The Labute approximate surface area is 92.4 Å². The standard InChI is InChI=1S/C11H15BrO2/c1-8-7-9(10(12)14-8)11(13)5-3-2-4-6-11/h7,13H,2-6H2,1H3. The Kier molecular flexibility index (Phi) is 2.71. The highest BCUT2D eigenvalue weighted by Gasteiger charge is 2.34. The van der Waals surface area contributed by atoms with Gasteiger partial charge in [-0.15, -0.1) is 0 Å². The summed E-state index contributed by atoms with van der Waals surface area (Å²) in [5, 5.41) is 10.4. The molecule has 1 N–H and O–H groups in total. The fraction of sp³-hybridized carbons (Fsp3) is 0.636. The summed E-state index contributed by atoms with van der Waals surface area (Å²) >= 11 is 3.36. The van der Waals surface area contributed by atoms with E-state index >= 15 is 0 Å². The fourth-order valence-corrected chi connectivity index (χ4v) is 2.95. The molecule has 1 aromatic rings. The maximum absolute atomic E-state index is 10.4. The largest absolute Gasteiger partial charge is 0.454 e. The molecular formula is C11H15BrO2. The summed E-state index contributed by atoms with van der Waals surface area (Å²) in [5.41, 5.74) is 0.268. The lowest BCUT2D eigenvalue weighted by Crippen LogP contribution is -2.28. The molecule has 14 heavy (non-hydrogen) atoms. The number of aryl methyl sites for hydroxylation is 1. The predicted molar refractivity (Wildman–Crippen MR) is 58.1 cm³/mol. The maximum Gasteiger partial charge on any atom is 0.175 e. The molecule has 0 aromatic carbocycles. The van der Waals surface area contributed by atoms with Gasteiger partial charge >= 0.3 is 0 Å². The van der Waals surface area contributed by atoms with Crippen molar-refractivity contribution in [1.29, 1.82) is 0 Å². The third kappa shape index (κ3) is 1.75. The minimum absolute atomic E-state index is 0.658. The van der Waals surface area contributed by atoms with Crippen LogP contribution in [0.2, 0.25) is 0 Å². The van der Waals surface area contributed by atoms with Crippen LogP contribution < -0.4 is 0 Å². The van der Waals surface area contributed by atoms with Gasteiger partial charge in [-0.05, 0) is 41.8 Å². The molecular weight excluding hydrogens is 244 g/mol. The van der Waals surface area contributed by atoms with E-state index in [1.165, 1.54) is 6.42 Å². The van der Waals surface area contributed by atoms with Crippen molar-refractivity contribution in [2.24, 2.45) is 0 Å². The zero-order valence-electron chi connectivity index (χ0n) is 8.35. The van der Waals surface area contributed by atoms with Gasteiger partial charge in [0, 0.05) is 5.56 Å². The first-order chi connectivity index (χ1) is 6.62. The molecule has 0 saturated heterocycles. The van der Waals surface area contributed by atoms with E-state index in [2.05, 4.69) is 15.9 Å². The number of hydrogen-bond donors (Lipinski definition) is 1. The molecule has 0 atom stereocenters. The maximum atomic E-state index is 10.4. The quantitative estimate of drug-likeness (QED) is 0.837. The molecule has 78 valence electrons. The van der Waals surface area contributed by atoms with Gasteiger partial charge in [0.05, 0.1) is 5.60 Å². The van der Waals surface area contributed by atoms with Crippen LogP contribution in [0.5, 0.6) is 0 Å². The highest BCUT2D eigenvalue weighted by atomic mass is 79.9. The first kappa shape index (κ1) is 10.2. The summed E-state index contributed by atoms with van der Waals surface area (Å²) in [6.07, 6.45) is 5.15. The average molecular weight is 259 g/mol. The summed E-state index contributed by atoms with van der Waals surface area (Å²) in [5.74, 6) is 0.853. The van der Waals surface area contributed by atoms with Crippen molar-refractivity contribution in [2.45, 2.75) is 44.6 Å². The lowest BCUT2D eigenvalue weighted by atomic mass is 9.81. The van der Waals surface area contributed by atoms with Crippen molar-refractivity contribution >= 4 is 15.9 Å². The van der Waals surface area contributed by atoms with Crippen molar-refractivity contribution in [3.05, 3.63) is 22.1 Å². The molecule has 0 spiro atoms. The summed E-state index contributed by atoms with van der Waals surface area (Å²) in [6.45, 7) is 1.90. The summed E-state index contributed by atoms with van der Waals surface area (Å²) in [4.78, 5) is 0. The summed E-state index contributed by atoms with van der Waals surface area (Å²) in [7, 11) is 0. The molecule has 0 bridgehead atoms. The third-order valence-electron chi connectivity index (χ3n) is 2.99. The van der Waals surface area contributed by atoms with Crippen LogP contribution in [0.4, 0.5) is 0 Å². The van der Waals surface area contributed by atoms with Gasteiger partial charge in [0.15, 0.2) is 4.67 Å². The van der Waals surface area contributed by atoms with E-state index in [1.54, 1.807) is 0 Å². The van der Waals surface area contributed by atoms with E-state index < -0.39 is 5.60 Å². The smallest absolute Gasteiger partial charge is 0.175 e. The van der Waals surface area contributed by atoms with Crippen LogP contribution in [0.15, 0.2) is 15.2 Å². The predicted octanol–water partition coefficient (Wildman–Crippen LogP) is 3.50. The van der Waals surface area contributed by atoms with E-state index in [4.69, 9.17) is 4.42 Å². The molecule has 1 aliphatic carbocycles. The Bertz CT molecular complexity index is 324. The van der Waals surface area contributed by atoms with Gasteiger partial charge in [-0.3, -0.25) is 0 Å². The Morgan fingerprint density at radius 1 is 1.36 bits per heavy atom. The highest BCUT2D eigenvalue weighted by Crippen LogP contribution is 2.41. The van der Waals surface area contributed by atoms with Gasteiger partial charge in [0.2, 0.25) is 0 Å². The van der Waals surface area contributed by atoms with Gasteiger partial charge in [-0.1, -0.05) is 19.3 Å². The molecule has 1 aliphatic rings. The van der Waals surface area contributed by atoms with Crippen LogP contribution in [0.1, 0.15) is 43.4 Å². The van der Waals surface area contributed by atoms with Crippen molar-refractivity contribution in [1.82, 2.24) is 0 Å². The Balaban J connectivity index is 2.32. The van der Waals surface area contributed by atoms with Crippen LogP contribution in [-0.2, 0) is 5.60 Å². The topological polar surface area (TPSA) is 33.4 Å². The Morgan fingerprint density at radius 2 is 2.00 bits per heavy atom. The minimum Gasteiger partial charge on any atom is -0.454 e. The molecule has 0 unspecified atom stereocenters. The Morgan fingerprint density at radius 3 is 2.50 bits per heavy atom. The van der Waals surface area contributed by atoms with Crippen molar-refractivity contribution < 1.29 is 9.52 Å². The van der Waals surface area contributed by atoms with Gasteiger partial charge < -0.3 is 9.52 Å². The SMILES string of the molecule is Cc1cc(C2(O)CCCCC2)c(Br)o1. The normalized spacial score (nSPS) is 21.1. The minimum atomic E-state index is -0.658. The van der Waals surface area contributed by atoms with E-state index in [0.29, 0.717) is 4.67 Å². The van der Waals surface area contributed by atoms with Crippen LogP contribution >= 0.6 is 15.9 Å². The third-order valence-corrected chi connectivity index (χ3v) is 3.58. The molecule has 1 heterocycles. The second kappa shape index (κ2) is 3.70. The fourth-order valence-electron chi connectivity index (χ4n) is 2.21. The number of aliphatic hydroxyl groups is 1. The first-order valence-corrected chi connectivity index (χ1v) is 5.90. The molecule has 1 aromatic heterocycles. The summed E-state index contributed by atoms with van der Waals surface area (Å²) in [6, 6.07) is 1.94. The second-order valence-electron chi connectivity index (χ2n) is 4.14. The molecule has 3 heteroatoms. The molecule has 2 nitrogen and oxygen atoms in total. The number of rotatable bonds is 1. The number of halogens is 1. The highest BCUT2D eigenvalue weighted by molar-refractivity contribution is 9.10. The number of hydrogen-bond acceptors (Lipinski definition) is 2. The van der Waals surface area contributed by atoms with Gasteiger partial charge in [0.25, 0.3) is 0 Å². The average Bonchev–Trinajstić information content (AvgIpc) is 2.47. The van der Waals surface area contributed by atoms with Crippen LogP contribution in [0, 0.1) is 6.92 Å². The molecule has 0 aliphatic heterocycles. The zero-order chi connectivity index (χ0) is 10.2.